The van der Waals surface area contributed by atoms with Crippen molar-refractivity contribution in [3.8, 4) is 11.5 Å². The van der Waals surface area contributed by atoms with Crippen molar-refractivity contribution in [1.29, 1.82) is 0 Å². The van der Waals surface area contributed by atoms with Crippen molar-refractivity contribution >= 4 is 40.7 Å². The highest BCUT2D eigenvalue weighted by atomic mass is 35.5. The maximum Gasteiger partial charge on any atom is 0.283 e. The van der Waals surface area contributed by atoms with Crippen LogP contribution in [0.4, 0.5) is 11.4 Å². The van der Waals surface area contributed by atoms with Crippen LogP contribution in [-0.2, 0) is 16.1 Å². The predicted octanol–water partition coefficient (Wildman–Crippen LogP) is 4.07. The fourth-order valence-corrected chi connectivity index (χ4v) is 3.78. The molecular weight excluding hydrogens is 470 g/mol. The topological polar surface area (TPSA) is 97.0 Å². The van der Waals surface area contributed by atoms with E-state index in [0.717, 1.165) is 10.5 Å². The molecule has 0 spiro atoms. The molecule has 35 heavy (non-hydrogen) atoms. The minimum Gasteiger partial charge on any atom is -0.497 e. The Morgan fingerprint density at radius 1 is 0.914 bits per heavy atom. The van der Waals surface area contributed by atoms with Gasteiger partial charge in [-0.2, -0.15) is 0 Å². The molecule has 3 aromatic carbocycles. The van der Waals surface area contributed by atoms with Crippen LogP contribution in [-0.4, -0.2) is 31.9 Å². The summed E-state index contributed by atoms with van der Waals surface area (Å²) in [4.78, 5) is 39.6. The third-order valence-corrected chi connectivity index (χ3v) is 5.69. The third-order valence-electron chi connectivity index (χ3n) is 5.34. The van der Waals surface area contributed by atoms with Crippen molar-refractivity contribution in [3.63, 3.8) is 0 Å². The number of carbonyl (C=O) groups excluding carboxylic acids is 3. The van der Waals surface area contributed by atoms with E-state index < -0.39 is 11.8 Å². The monoisotopic (exact) mass is 491 g/mol. The molecule has 0 saturated heterocycles. The summed E-state index contributed by atoms with van der Waals surface area (Å²) in [5, 5.41) is 5.46. The number of benzene rings is 3. The van der Waals surface area contributed by atoms with E-state index in [9.17, 15) is 14.4 Å². The standard InChI is InChI=1S/C26H22ClN3O5/c1-34-19-11-12-21(35-2)20(14-19)30-25(32)22(27)23(26(30)33)29-18-10-6-9-17(13-18)24(31)28-15-16-7-4-3-5-8-16/h3-14,29H,15H2,1-2H3,(H,28,31). The molecule has 9 heteroatoms. The van der Waals surface area contributed by atoms with Crippen molar-refractivity contribution < 1.29 is 23.9 Å². The minimum atomic E-state index is -0.706. The Morgan fingerprint density at radius 3 is 2.40 bits per heavy atom. The van der Waals surface area contributed by atoms with E-state index in [1.807, 2.05) is 30.3 Å². The zero-order valence-electron chi connectivity index (χ0n) is 19.0. The van der Waals surface area contributed by atoms with Crippen LogP contribution in [0.2, 0.25) is 0 Å². The fraction of sp³-hybridized carbons (Fsp3) is 0.115. The SMILES string of the molecule is COc1ccc(OC)c(N2C(=O)C(Cl)=C(Nc3cccc(C(=O)NCc4ccccc4)c3)C2=O)c1. The number of hydrogen-bond donors (Lipinski definition) is 2. The van der Waals surface area contributed by atoms with Gasteiger partial charge in [-0.25, -0.2) is 4.90 Å². The largest absolute Gasteiger partial charge is 0.497 e. The predicted molar refractivity (Wildman–Crippen MR) is 133 cm³/mol. The van der Waals surface area contributed by atoms with Crippen molar-refractivity contribution in [1.82, 2.24) is 5.32 Å². The van der Waals surface area contributed by atoms with Crippen LogP contribution >= 0.6 is 11.6 Å². The molecule has 0 aromatic heterocycles. The molecule has 1 aliphatic rings. The molecule has 0 atom stereocenters. The van der Waals surface area contributed by atoms with E-state index in [0.29, 0.717) is 29.3 Å². The number of nitrogens with zero attached hydrogens (tertiary/aromatic N) is 1. The summed E-state index contributed by atoms with van der Waals surface area (Å²) in [7, 11) is 2.90. The van der Waals surface area contributed by atoms with Crippen LogP contribution in [0, 0.1) is 0 Å². The van der Waals surface area contributed by atoms with Crippen molar-refractivity contribution in [3.05, 3.63) is 94.7 Å². The molecule has 0 unspecified atom stereocenters. The number of ether oxygens (including phenoxy) is 2. The number of anilines is 2. The van der Waals surface area contributed by atoms with Gasteiger partial charge in [-0.3, -0.25) is 14.4 Å². The average molecular weight is 492 g/mol. The number of amides is 3. The van der Waals surface area contributed by atoms with Crippen LogP contribution in [0.25, 0.3) is 0 Å². The highest BCUT2D eigenvalue weighted by molar-refractivity contribution is 6.53. The van der Waals surface area contributed by atoms with Gasteiger partial charge in [0.2, 0.25) is 0 Å². The van der Waals surface area contributed by atoms with Gasteiger partial charge in [0, 0.05) is 23.9 Å². The van der Waals surface area contributed by atoms with E-state index in [1.54, 1.807) is 36.4 Å². The van der Waals surface area contributed by atoms with Gasteiger partial charge < -0.3 is 20.1 Å². The van der Waals surface area contributed by atoms with Gasteiger partial charge in [-0.05, 0) is 35.9 Å². The third kappa shape index (κ3) is 4.97. The van der Waals surface area contributed by atoms with Gasteiger partial charge in [0.25, 0.3) is 17.7 Å². The summed E-state index contributed by atoms with van der Waals surface area (Å²) in [6.07, 6.45) is 0. The first-order valence-corrected chi connectivity index (χ1v) is 11.0. The van der Waals surface area contributed by atoms with E-state index in [2.05, 4.69) is 10.6 Å². The van der Waals surface area contributed by atoms with Gasteiger partial charge >= 0.3 is 0 Å². The number of halogens is 1. The van der Waals surface area contributed by atoms with Crippen LogP contribution in [0.15, 0.2) is 83.5 Å². The van der Waals surface area contributed by atoms with Crippen molar-refractivity contribution in [2.45, 2.75) is 6.54 Å². The summed E-state index contributed by atoms with van der Waals surface area (Å²) in [5.74, 6) is -0.912. The number of nitrogens with one attached hydrogen (secondary N) is 2. The second-order valence-electron chi connectivity index (χ2n) is 7.55. The zero-order valence-corrected chi connectivity index (χ0v) is 19.8. The first-order valence-electron chi connectivity index (χ1n) is 10.6. The Bertz CT molecular complexity index is 1320. The Kier molecular flexibility index (Phi) is 7.03. The second-order valence-corrected chi connectivity index (χ2v) is 7.92. The van der Waals surface area contributed by atoms with Crippen LogP contribution in [0.3, 0.4) is 0 Å². The Hall–Kier alpha value is -4.30. The van der Waals surface area contributed by atoms with Crippen LogP contribution in [0.1, 0.15) is 15.9 Å². The average Bonchev–Trinajstić information content (AvgIpc) is 3.10. The smallest absolute Gasteiger partial charge is 0.283 e. The first kappa shape index (κ1) is 23.8. The molecule has 0 fully saturated rings. The summed E-state index contributed by atoms with van der Waals surface area (Å²) in [6, 6.07) is 20.8. The van der Waals surface area contributed by atoms with E-state index >= 15 is 0 Å². The Morgan fingerprint density at radius 2 is 1.69 bits per heavy atom. The molecule has 4 rings (SSSR count). The minimum absolute atomic E-state index is 0.108. The molecule has 3 aromatic rings. The normalized spacial score (nSPS) is 13.2. The van der Waals surface area contributed by atoms with Crippen molar-refractivity contribution in [2.24, 2.45) is 0 Å². The van der Waals surface area contributed by atoms with Gasteiger partial charge in [0.1, 0.15) is 22.2 Å². The van der Waals surface area contributed by atoms with Gasteiger partial charge in [0.05, 0.1) is 19.9 Å². The molecule has 0 bridgehead atoms. The molecule has 0 aliphatic carbocycles. The van der Waals surface area contributed by atoms with Crippen LogP contribution in [0.5, 0.6) is 11.5 Å². The summed E-state index contributed by atoms with van der Waals surface area (Å²) in [5.41, 5.74) is 1.86. The molecule has 0 saturated carbocycles. The number of methoxy groups -OCH3 is 2. The summed E-state index contributed by atoms with van der Waals surface area (Å²) in [6.45, 7) is 0.374. The molecule has 8 nitrogen and oxygen atoms in total. The van der Waals surface area contributed by atoms with Gasteiger partial charge in [-0.1, -0.05) is 48.0 Å². The molecule has 0 radical (unpaired) electrons. The van der Waals surface area contributed by atoms with E-state index in [4.69, 9.17) is 21.1 Å². The molecule has 1 aliphatic heterocycles. The molecule has 1 heterocycles. The van der Waals surface area contributed by atoms with E-state index in [1.165, 1.54) is 20.3 Å². The first-order chi connectivity index (χ1) is 16.9. The lowest BCUT2D eigenvalue weighted by atomic mass is 10.1. The molecular formula is C26H22ClN3O5. The lowest BCUT2D eigenvalue weighted by molar-refractivity contribution is -0.120. The lowest BCUT2D eigenvalue weighted by Gasteiger charge is -2.19. The maximum atomic E-state index is 13.2. The summed E-state index contributed by atoms with van der Waals surface area (Å²) >= 11 is 6.26. The maximum absolute atomic E-state index is 13.2. The second kappa shape index (κ2) is 10.3. The van der Waals surface area contributed by atoms with Crippen molar-refractivity contribution in [2.75, 3.05) is 24.4 Å². The number of rotatable bonds is 8. The Balaban J connectivity index is 1.53. The highest BCUT2D eigenvalue weighted by Gasteiger charge is 2.40. The summed E-state index contributed by atoms with van der Waals surface area (Å²) < 4.78 is 10.5. The highest BCUT2D eigenvalue weighted by Crippen LogP contribution is 2.37. The Labute approximate surface area is 207 Å². The van der Waals surface area contributed by atoms with Gasteiger partial charge in [0.15, 0.2) is 0 Å². The number of imide groups is 1. The quantitative estimate of drug-likeness (QED) is 0.461. The number of hydrogen-bond acceptors (Lipinski definition) is 6. The molecule has 3 amide bonds. The van der Waals surface area contributed by atoms with E-state index in [-0.39, 0.29) is 22.3 Å². The van der Waals surface area contributed by atoms with Crippen LogP contribution < -0.4 is 25.0 Å². The zero-order chi connectivity index (χ0) is 24.9. The molecule has 178 valence electrons. The van der Waals surface area contributed by atoms with Gasteiger partial charge in [-0.15, -0.1) is 0 Å². The lowest BCUT2D eigenvalue weighted by Crippen LogP contribution is -2.32. The number of carbonyl (C=O) groups is 3. The fourth-order valence-electron chi connectivity index (χ4n) is 3.56. The molecule has 2 N–H and O–H groups in total.